The zero-order valence-corrected chi connectivity index (χ0v) is 8.96. The molecule has 0 bridgehead atoms. The minimum atomic E-state index is -2.42. The van der Waals surface area contributed by atoms with E-state index in [0.717, 1.165) is 26.1 Å². The van der Waals surface area contributed by atoms with Crippen LogP contribution in [0, 0.1) is 5.92 Å². The second kappa shape index (κ2) is 4.34. The Hall–Kier alpha value is -0.220. The molecule has 2 aliphatic rings. The van der Waals surface area contributed by atoms with Gasteiger partial charge in [-0.2, -0.15) is 0 Å². The van der Waals surface area contributed by atoms with Crippen LogP contribution in [0.2, 0.25) is 0 Å². The monoisotopic (exact) mass is 219 g/mol. The van der Waals surface area contributed by atoms with Gasteiger partial charge in [-0.15, -0.1) is 0 Å². The lowest BCUT2D eigenvalue weighted by atomic mass is 9.86. The molecule has 0 aromatic rings. The molecular formula is C11H19F2NO. The summed E-state index contributed by atoms with van der Waals surface area (Å²) in [4.78, 5) is 2.21. The van der Waals surface area contributed by atoms with Gasteiger partial charge >= 0.3 is 0 Å². The first-order valence-electron chi connectivity index (χ1n) is 5.83. The van der Waals surface area contributed by atoms with E-state index in [1.807, 2.05) is 0 Å². The fourth-order valence-electron chi connectivity index (χ4n) is 2.63. The van der Waals surface area contributed by atoms with E-state index >= 15 is 0 Å². The van der Waals surface area contributed by atoms with Crippen LogP contribution in [0.3, 0.4) is 0 Å². The second-order valence-electron chi connectivity index (χ2n) is 5.00. The number of hydrogen-bond donors (Lipinski definition) is 1. The molecule has 88 valence electrons. The lowest BCUT2D eigenvalue weighted by molar-refractivity contribution is -0.0485. The van der Waals surface area contributed by atoms with E-state index in [9.17, 15) is 13.9 Å². The maximum Gasteiger partial charge on any atom is 0.248 e. The molecule has 0 spiro atoms. The summed E-state index contributed by atoms with van der Waals surface area (Å²) < 4.78 is 25.8. The summed E-state index contributed by atoms with van der Waals surface area (Å²) in [5.74, 6) is -2.00. The van der Waals surface area contributed by atoms with Gasteiger partial charge in [-0.05, 0) is 25.2 Å². The van der Waals surface area contributed by atoms with Crippen molar-refractivity contribution in [1.29, 1.82) is 0 Å². The van der Waals surface area contributed by atoms with Crippen molar-refractivity contribution in [1.82, 2.24) is 4.90 Å². The molecule has 0 unspecified atom stereocenters. The summed E-state index contributed by atoms with van der Waals surface area (Å²) >= 11 is 0. The normalized spacial score (nSPS) is 33.4. The lowest BCUT2D eigenvalue weighted by Gasteiger charge is -2.30. The molecule has 1 heterocycles. The fraction of sp³-hybridized carbons (Fsp3) is 1.00. The Morgan fingerprint density at radius 1 is 1.20 bits per heavy atom. The van der Waals surface area contributed by atoms with Crippen molar-refractivity contribution in [3.05, 3.63) is 0 Å². The van der Waals surface area contributed by atoms with Gasteiger partial charge in [-0.3, -0.25) is 0 Å². The number of rotatable bonds is 2. The molecule has 0 aromatic carbocycles. The van der Waals surface area contributed by atoms with Crippen molar-refractivity contribution >= 4 is 0 Å². The van der Waals surface area contributed by atoms with Crippen LogP contribution in [0.25, 0.3) is 0 Å². The largest absolute Gasteiger partial charge is 0.392 e. The molecule has 15 heavy (non-hydrogen) atoms. The van der Waals surface area contributed by atoms with E-state index in [4.69, 9.17) is 0 Å². The van der Waals surface area contributed by atoms with E-state index in [1.54, 1.807) is 0 Å². The van der Waals surface area contributed by atoms with Gasteiger partial charge in [0, 0.05) is 32.5 Å². The molecule has 4 heteroatoms. The highest BCUT2D eigenvalue weighted by atomic mass is 19.3. The number of nitrogens with zero attached hydrogens (tertiary/aromatic N) is 1. The van der Waals surface area contributed by atoms with Crippen molar-refractivity contribution in [2.24, 2.45) is 5.92 Å². The number of alkyl halides is 2. The van der Waals surface area contributed by atoms with Gasteiger partial charge in [-0.25, -0.2) is 8.78 Å². The Kier molecular flexibility index (Phi) is 3.26. The first-order chi connectivity index (χ1) is 7.05. The Balaban J connectivity index is 1.73. The highest BCUT2D eigenvalue weighted by molar-refractivity contribution is 4.82. The minimum absolute atomic E-state index is 0.0497. The summed E-state index contributed by atoms with van der Waals surface area (Å²) in [6, 6.07) is 0. The van der Waals surface area contributed by atoms with Crippen molar-refractivity contribution in [2.45, 2.75) is 44.1 Å². The molecule has 1 atom stereocenters. The number of β-amino-alcohol motifs (C(OH)–C–C–N with tert-alkyl or cyclic N) is 1. The van der Waals surface area contributed by atoms with Crippen molar-refractivity contribution in [2.75, 3.05) is 19.6 Å². The molecule has 1 N–H and O–H groups in total. The first kappa shape index (κ1) is 11.3. The Morgan fingerprint density at radius 3 is 2.40 bits per heavy atom. The SMILES string of the molecule is O[C@@H]1CCN(CC2CCC(F)(F)CC2)C1. The van der Waals surface area contributed by atoms with Gasteiger partial charge in [0.2, 0.25) is 5.92 Å². The number of aliphatic hydroxyl groups excluding tert-OH is 1. The van der Waals surface area contributed by atoms with Gasteiger partial charge in [0.05, 0.1) is 6.10 Å². The van der Waals surface area contributed by atoms with E-state index in [2.05, 4.69) is 4.90 Å². The van der Waals surface area contributed by atoms with Gasteiger partial charge in [-0.1, -0.05) is 0 Å². The maximum absolute atomic E-state index is 12.9. The van der Waals surface area contributed by atoms with E-state index in [-0.39, 0.29) is 18.9 Å². The van der Waals surface area contributed by atoms with Crippen molar-refractivity contribution in [3.8, 4) is 0 Å². The van der Waals surface area contributed by atoms with Crippen molar-refractivity contribution in [3.63, 3.8) is 0 Å². The van der Waals surface area contributed by atoms with E-state index in [1.165, 1.54) is 0 Å². The standard InChI is InChI=1S/C11H19F2NO/c12-11(13)4-1-9(2-5-11)7-14-6-3-10(15)8-14/h9-10,15H,1-8H2/t10-/m1/s1. The number of likely N-dealkylation sites (tertiary alicyclic amines) is 1. The summed E-state index contributed by atoms with van der Waals surface area (Å²) in [5.41, 5.74) is 0. The summed E-state index contributed by atoms with van der Waals surface area (Å²) in [5, 5.41) is 9.35. The molecule has 2 rings (SSSR count). The number of hydrogen-bond acceptors (Lipinski definition) is 2. The third-order valence-corrected chi connectivity index (χ3v) is 3.60. The van der Waals surface area contributed by atoms with Gasteiger partial charge in [0.25, 0.3) is 0 Å². The molecule has 1 aliphatic carbocycles. The zero-order chi connectivity index (χ0) is 10.9. The molecule has 0 amide bonds. The molecule has 1 saturated heterocycles. The third-order valence-electron chi connectivity index (χ3n) is 3.60. The van der Waals surface area contributed by atoms with Gasteiger partial charge < -0.3 is 10.0 Å². The second-order valence-corrected chi connectivity index (χ2v) is 5.00. The summed E-state index contributed by atoms with van der Waals surface area (Å²) in [6.07, 6.45) is 2.01. The topological polar surface area (TPSA) is 23.5 Å². The van der Waals surface area contributed by atoms with Crippen LogP contribution in [0.15, 0.2) is 0 Å². The molecular weight excluding hydrogens is 200 g/mol. The summed E-state index contributed by atoms with van der Waals surface area (Å²) in [7, 11) is 0. The maximum atomic E-state index is 12.9. The smallest absolute Gasteiger partial charge is 0.248 e. The molecule has 0 aromatic heterocycles. The van der Waals surface area contributed by atoms with Gasteiger partial charge in [0.1, 0.15) is 0 Å². The fourth-order valence-corrected chi connectivity index (χ4v) is 2.63. The van der Waals surface area contributed by atoms with Crippen LogP contribution in [-0.2, 0) is 0 Å². The van der Waals surface area contributed by atoms with E-state index < -0.39 is 5.92 Å². The van der Waals surface area contributed by atoms with Crippen LogP contribution in [0.5, 0.6) is 0 Å². The van der Waals surface area contributed by atoms with Crippen LogP contribution in [-0.4, -0.2) is 41.7 Å². The van der Waals surface area contributed by atoms with Gasteiger partial charge in [0.15, 0.2) is 0 Å². The average molecular weight is 219 g/mol. The molecule has 2 nitrogen and oxygen atoms in total. The quantitative estimate of drug-likeness (QED) is 0.766. The number of halogens is 2. The highest BCUT2D eigenvalue weighted by Crippen LogP contribution is 2.36. The number of aliphatic hydroxyl groups is 1. The predicted octanol–water partition coefficient (Wildman–Crippen LogP) is 1.88. The Bertz CT molecular complexity index is 213. The zero-order valence-electron chi connectivity index (χ0n) is 8.96. The predicted molar refractivity (Wildman–Crippen MR) is 54.0 cm³/mol. The van der Waals surface area contributed by atoms with Crippen LogP contribution in [0.4, 0.5) is 8.78 Å². The lowest BCUT2D eigenvalue weighted by Crippen LogP contribution is -2.33. The molecule has 2 fully saturated rings. The Morgan fingerprint density at radius 2 is 1.87 bits per heavy atom. The van der Waals surface area contributed by atoms with Crippen LogP contribution in [0.1, 0.15) is 32.1 Å². The van der Waals surface area contributed by atoms with Crippen molar-refractivity contribution < 1.29 is 13.9 Å². The van der Waals surface area contributed by atoms with Crippen LogP contribution < -0.4 is 0 Å². The average Bonchev–Trinajstić information content (AvgIpc) is 2.55. The highest BCUT2D eigenvalue weighted by Gasteiger charge is 2.35. The summed E-state index contributed by atoms with van der Waals surface area (Å²) in [6.45, 7) is 2.55. The third kappa shape index (κ3) is 3.11. The molecule has 1 aliphatic heterocycles. The molecule has 0 radical (unpaired) electrons. The van der Waals surface area contributed by atoms with Crippen LogP contribution >= 0.6 is 0 Å². The minimum Gasteiger partial charge on any atom is -0.392 e. The Labute approximate surface area is 89.3 Å². The first-order valence-corrected chi connectivity index (χ1v) is 5.83. The molecule has 1 saturated carbocycles. The van der Waals surface area contributed by atoms with E-state index in [0.29, 0.717) is 18.8 Å².